The summed E-state index contributed by atoms with van der Waals surface area (Å²) in [7, 11) is -0.566. The summed E-state index contributed by atoms with van der Waals surface area (Å²) in [5, 5.41) is 3.13. The lowest BCUT2D eigenvalue weighted by Crippen LogP contribution is -2.43. The van der Waals surface area contributed by atoms with E-state index in [1.807, 2.05) is 0 Å². The van der Waals surface area contributed by atoms with Crippen LogP contribution in [-0.4, -0.2) is 46.0 Å². The van der Waals surface area contributed by atoms with Crippen molar-refractivity contribution >= 4 is 10.2 Å². The van der Waals surface area contributed by atoms with Gasteiger partial charge in [-0.3, -0.25) is 4.84 Å². The molecule has 1 rings (SSSR count). The molecule has 0 aromatic carbocycles. The second-order valence-electron chi connectivity index (χ2n) is 3.46. The van der Waals surface area contributed by atoms with Crippen molar-refractivity contribution in [3.05, 3.63) is 0 Å². The van der Waals surface area contributed by atoms with Crippen molar-refractivity contribution in [3.63, 3.8) is 0 Å². The van der Waals surface area contributed by atoms with Gasteiger partial charge in [-0.15, -0.1) is 0 Å². The van der Waals surface area contributed by atoms with Crippen molar-refractivity contribution in [3.8, 4) is 0 Å². The first-order valence-corrected chi connectivity index (χ1v) is 6.02. The third kappa shape index (κ3) is 3.50. The van der Waals surface area contributed by atoms with Crippen LogP contribution in [-0.2, 0) is 15.0 Å². The summed E-state index contributed by atoms with van der Waals surface area (Å²) in [6, 6.07) is 0. The highest BCUT2D eigenvalue weighted by Gasteiger charge is 2.18. The minimum atomic E-state index is -3.46. The van der Waals surface area contributed by atoms with Gasteiger partial charge in [0.2, 0.25) is 0 Å². The highest BCUT2D eigenvalue weighted by Crippen LogP contribution is 2.04. The predicted octanol–water partition coefficient (Wildman–Crippen LogP) is -0.934. The van der Waals surface area contributed by atoms with E-state index in [-0.39, 0.29) is 6.10 Å². The van der Waals surface area contributed by atoms with E-state index in [1.165, 1.54) is 14.1 Å². The van der Waals surface area contributed by atoms with Gasteiger partial charge in [-0.1, -0.05) is 4.89 Å². The average Bonchev–Trinajstić information content (AvgIpc) is 2.16. The maximum atomic E-state index is 11.2. The van der Waals surface area contributed by atoms with Gasteiger partial charge in [-0.05, 0) is 19.4 Å². The first kappa shape index (κ1) is 11.9. The smallest absolute Gasteiger partial charge is 0.301 e. The molecule has 0 amide bonds. The molecule has 0 radical (unpaired) electrons. The summed E-state index contributed by atoms with van der Waals surface area (Å²) in [5.41, 5.74) is 0. The molecule has 0 aliphatic carbocycles. The Morgan fingerprint density at radius 2 is 2.21 bits per heavy atom. The topological polar surface area (TPSA) is 70.7 Å². The predicted molar refractivity (Wildman–Crippen MR) is 52.7 cm³/mol. The minimum Gasteiger partial charge on any atom is -0.314 e. The molecule has 84 valence electrons. The number of hydrogen-bond donors (Lipinski definition) is 2. The standard InChI is InChI=1S/C7H17N3O3S/c1-10(2)14(11,12)9-13-7-4-3-5-8-6-7/h7-9H,3-6H2,1-2H3. The van der Waals surface area contributed by atoms with E-state index in [4.69, 9.17) is 4.84 Å². The molecule has 1 saturated heterocycles. The summed E-state index contributed by atoms with van der Waals surface area (Å²) in [4.78, 5) is 7.15. The zero-order chi connectivity index (χ0) is 10.6. The monoisotopic (exact) mass is 223 g/mol. The second-order valence-corrected chi connectivity index (χ2v) is 5.30. The van der Waals surface area contributed by atoms with E-state index in [1.54, 1.807) is 0 Å². The van der Waals surface area contributed by atoms with Crippen LogP contribution in [0.25, 0.3) is 0 Å². The Bertz CT molecular complexity index is 259. The Morgan fingerprint density at radius 3 is 2.71 bits per heavy atom. The van der Waals surface area contributed by atoms with Crippen molar-refractivity contribution in [2.45, 2.75) is 18.9 Å². The van der Waals surface area contributed by atoms with Crippen LogP contribution < -0.4 is 10.2 Å². The molecule has 0 aromatic rings. The zero-order valence-corrected chi connectivity index (χ0v) is 9.30. The van der Waals surface area contributed by atoms with Crippen LogP contribution in [0, 0.1) is 0 Å². The fourth-order valence-corrected chi connectivity index (χ4v) is 1.53. The lowest BCUT2D eigenvalue weighted by molar-refractivity contribution is 0.00196. The van der Waals surface area contributed by atoms with Crippen LogP contribution in [0.5, 0.6) is 0 Å². The van der Waals surface area contributed by atoms with Gasteiger partial charge in [0.15, 0.2) is 0 Å². The molecule has 0 bridgehead atoms. The Labute approximate surface area is 84.7 Å². The normalized spacial score (nSPS) is 24.1. The van der Waals surface area contributed by atoms with Crippen LogP contribution in [0.4, 0.5) is 0 Å². The highest BCUT2D eigenvalue weighted by molar-refractivity contribution is 7.86. The summed E-state index contributed by atoms with van der Waals surface area (Å²) in [6.45, 7) is 1.66. The Hall–Kier alpha value is -0.210. The molecule has 0 spiro atoms. The molecule has 6 nitrogen and oxygen atoms in total. The van der Waals surface area contributed by atoms with Gasteiger partial charge in [0, 0.05) is 20.6 Å². The maximum absolute atomic E-state index is 11.2. The first-order valence-electron chi connectivity index (χ1n) is 4.58. The van der Waals surface area contributed by atoms with Crippen LogP contribution >= 0.6 is 0 Å². The van der Waals surface area contributed by atoms with E-state index in [0.29, 0.717) is 6.54 Å². The largest absolute Gasteiger partial charge is 0.314 e. The van der Waals surface area contributed by atoms with Crippen molar-refractivity contribution in [2.75, 3.05) is 27.2 Å². The maximum Gasteiger partial charge on any atom is 0.301 e. The van der Waals surface area contributed by atoms with Crippen molar-refractivity contribution in [1.29, 1.82) is 0 Å². The fraction of sp³-hybridized carbons (Fsp3) is 1.00. The molecule has 0 aromatic heterocycles. The lowest BCUT2D eigenvalue weighted by Gasteiger charge is -2.23. The van der Waals surface area contributed by atoms with Crippen LogP contribution in [0.2, 0.25) is 0 Å². The highest BCUT2D eigenvalue weighted by atomic mass is 32.2. The van der Waals surface area contributed by atoms with Crippen LogP contribution in [0.1, 0.15) is 12.8 Å². The molecule has 1 fully saturated rings. The molecular formula is C7H17N3O3S. The van der Waals surface area contributed by atoms with E-state index >= 15 is 0 Å². The first-order chi connectivity index (χ1) is 6.52. The molecule has 1 unspecified atom stereocenters. The summed E-state index contributed by atoms with van der Waals surface area (Å²) in [5.74, 6) is 0. The molecule has 1 aliphatic rings. The van der Waals surface area contributed by atoms with Gasteiger partial charge in [0.05, 0.1) is 6.10 Å². The van der Waals surface area contributed by atoms with E-state index in [9.17, 15) is 8.42 Å². The van der Waals surface area contributed by atoms with Gasteiger partial charge < -0.3 is 5.32 Å². The second kappa shape index (κ2) is 5.04. The van der Waals surface area contributed by atoms with E-state index in [0.717, 1.165) is 23.7 Å². The molecule has 14 heavy (non-hydrogen) atoms. The number of hydrogen-bond acceptors (Lipinski definition) is 4. The molecule has 1 heterocycles. The number of piperidine rings is 1. The van der Waals surface area contributed by atoms with Gasteiger partial charge >= 0.3 is 10.2 Å². The van der Waals surface area contributed by atoms with Gasteiger partial charge in [0.1, 0.15) is 0 Å². The SMILES string of the molecule is CN(C)S(=O)(=O)NOC1CCCNC1. The third-order valence-electron chi connectivity index (χ3n) is 2.05. The Morgan fingerprint density at radius 1 is 1.50 bits per heavy atom. The molecule has 1 atom stereocenters. The van der Waals surface area contributed by atoms with Crippen molar-refractivity contribution < 1.29 is 13.3 Å². The molecule has 2 N–H and O–H groups in total. The number of rotatable bonds is 4. The van der Waals surface area contributed by atoms with Crippen LogP contribution in [0.15, 0.2) is 0 Å². The molecule has 1 aliphatic heterocycles. The average molecular weight is 223 g/mol. The summed E-state index contributed by atoms with van der Waals surface area (Å²) >= 11 is 0. The van der Waals surface area contributed by atoms with Crippen molar-refractivity contribution in [2.24, 2.45) is 0 Å². The van der Waals surface area contributed by atoms with Crippen molar-refractivity contribution in [1.82, 2.24) is 14.5 Å². The van der Waals surface area contributed by atoms with Gasteiger partial charge in [0.25, 0.3) is 0 Å². The zero-order valence-electron chi connectivity index (χ0n) is 8.49. The third-order valence-corrected chi connectivity index (χ3v) is 3.32. The summed E-state index contributed by atoms with van der Waals surface area (Å²) < 4.78 is 23.6. The quantitative estimate of drug-likeness (QED) is 0.604. The Kier molecular flexibility index (Phi) is 4.27. The van der Waals surface area contributed by atoms with Gasteiger partial charge in [-0.25, -0.2) is 0 Å². The van der Waals surface area contributed by atoms with Crippen LogP contribution in [0.3, 0.4) is 0 Å². The molecule has 7 heteroatoms. The fourth-order valence-electron chi connectivity index (χ4n) is 1.12. The number of nitrogens with one attached hydrogen (secondary N) is 2. The molecular weight excluding hydrogens is 206 g/mol. The lowest BCUT2D eigenvalue weighted by atomic mass is 10.1. The van der Waals surface area contributed by atoms with E-state index in [2.05, 4.69) is 10.2 Å². The Balaban J connectivity index is 2.32. The molecule has 0 saturated carbocycles. The minimum absolute atomic E-state index is 0.0709. The number of nitrogens with zero attached hydrogens (tertiary/aromatic N) is 1. The summed E-state index contributed by atoms with van der Waals surface area (Å²) in [6.07, 6.45) is 1.82. The van der Waals surface area contributed by atoms with Gasteiger partial charge in [-0.2, -0.15) is 12.7 Å². The van der Waals surface area contributed by atoms with E-state index < -0.39 is 10.2 Å².